The van der Waals surface area contributed by atoms with Crippen LogP contribution in [0.4, 0.5) is 0 Å². The van der Waals surface area contributed by atoms with Crippen molar-refractivity contribution in [2.24, 2.45) is 17.3 Å². The molecule has 0 saturated carbocycles. The van der Waals surface area contributed by atoms with Crippen molar-refractivity contribution in [3.63, 3.8) is 0 Å². The van der Waals surface area contributed by atoms with E-state index in [1.54, 1.807) is 0 Å². The molecule has 0 aromatic rings. The maximum absolute atomic E-state index is 12.4. The highest BCUT2D eigenvalue weighted by molar-refractivity contribution is 5.82. The highest BCUT2D eigenvalue weighted by Crippen LogP contribution is 2.32. The van der Waals surface area contributed by atoms with Crippen LogP contribution in [0, 0.1) is 17.3 Å². The molecular formula is C15H28N2O3. The number of carboxylic acid groups (broad SMARTS) is 1. The van der Waals surface area contributed by atoms with Crippen molar-refractivity contribution < 1.29 is 14.7 Å². The van der Waals surface area contributed by atoms with Crippen LogP contribution in [-0.2, 0) is 9.59 Å². The molecule has 0 aromatic heterocycles. The molecule has 3 N–H and O–H groups in total. The number of aliphatic carboxylic acids is 1. The Labute approximate surface area is 121 Å². The Morgan fingerprint density at radius 1 is 1.45 bits per heavy atom. The second kappa shape index (κ2) is 7.62. The molecule has 1 heterocycles. The first-order valence-electron chi connectivity index (χ1n) is 7.58. The SMILES string of the molecule is CCC(CNC(=O)C(C)(C)C1CCCNC1)CC(=O)O. The van der Waals surface area contributed by atoms with Gasteiger partial charge in [-0.1, -0.05) is 27.2 Å². The van der Waals surface area contributed by atoms with Crippen molar-refractivity contribution in [3.8, 4) is 0 Å². The molecule has 0 aromatic carbocycles. The smallest absolute Gasteiger partial charge is 0.303 e. The monoisotopic (exact) mass is 284 g/mol. The Morgan fingerprint density at radius 3 is 2.65 bits per heavy atom. The van der Waals surface area contributed by atoms with Crippen LogP contribution in [0.15, 0.2) is 0 Å². The van der Waals surface area contributed by atoms with Gasteiger partial charge >= 0.3 is 5.97 Å². The maximum atomic E-state index is 12.4. The van der Waals surface area contributed by atoms with Gasteiger partial charge in [0.25, 0.3) is 0 Å². The molecule has 0 radical (unpaired) electrons. The molecular weight excluding hydrogens is 256 g/mol. The van der Waals surface area contributed by atoms with E-state index in [2.05, 4.69) is 10.6 Å². The topological polar surface area (TPSA) is 78.4 Å². The summed E-state index contributed by atoms with van der Waals surface area (Å²) in [6, 6.07) is 0. The quantitative estimate of drug-likeness (QED) is 0.664. The zero-order valence-electron chi connectivity index (χ0n) is 12.9. The van der Waals surface area contributed by atoms with E-state index in [-0.39, 0.29) is 18.2 Å². The van der Waals surface area contributed by atoms with E-state index < -0.39 is 11.4 Å². The van der Waals surface area contributed by atoms with E-state index in [1.165, 1.54) is 0 Å². The number of carboxylic acids is 1. The summed E-state index contributed by atoms with van der Waals surface area (Å²) in [6.07, 6.45) is 3.05. The fourth-order valence-corrected chi connectivity index (χ4v) is 2.73. The molecule has 2 unspecified atom stereocenters. The Bertz CT molecular complexity index is 336. The lowest BCUT2D eigenvalue weighted by Crippen LogP contribution is -2.48. The molecule has 20 heavy (non-hydrogen) atoms. The summed E-state index contributed by atoms with van der Waals surface area (Å²) in [4.78, 5) is 23.1. The van der Waals surface area contributed by atoms with Gasteiger partial charge in [0.05, 0.1) is 0 Å². The second-order valence-corrected chi connectivity index (χ2v) is 6.35. The molecule has 1 fully saturated rings. The van der Waals surface area contributed by atoms with Crippen molar-refractivity contribution in [3.05, 3.63) is 0 Å². The minimum atomic E-state index is -0.804. The normalized spacial score (nSPS) is 21.2. The largest absolute Gasteiger partial charge is 0.481 e. The highest BCUT2D eigenvalue weighted by Gasteiger charge is 2.37. The van der Waals surface area contributed by atoms with Crippen LogP contribution in [-0.4, -0.2) is 36.6 Å². The van der Waals surface area contributed by atoms with Gasteiger partial charge in [-0.2, -0.15) is 0 Å². The molecule has 0 spiro atoms. The lowest BCUT2D eigenvalue weighted by atomic mass is 9.74. The van der Waals surface area contributed by atoms with E-state index in [9.17, 15) is 9.59 Å². The molecule has 1 amide bonds. The molecule has 116 valence electrons. The molecule has 1 saturated heterocycles. The van der Waals surface area contributed by atoms with E-state index in [4.69, 9.17) is 5.11 Å². The van der Waals surface area contributed by atoms with E-state index in [0.717, 1.165) is 32.4 Å². The number of rotatable bonds is 7. The van der Waals surface area contributed by atoms with Crippen LogP contribution in [0.25, 0.3) is 0 Å². The third-order valence-electron chi connectivity index (χ3n) is 4.49. The summed E-state index contributed by atoms with van der Waals surface area (Å²) in [6.45, 7) is 8.29. The lowest BCUT2D eigenvalue weighted by molar-refractivity contribution is -0.139. The number of hydrogen-bond acceptors (Lipinski definition) is 3. The molecule has 2 atom stereocenters. The van der Waals surface area contributed by atoms with Crippen molar-refractivity contribution >= 4 is 11.9 Å². The number of carbonyl (C=O) groups is 2. The highest BCUT2D eigenvalue weighted by atomic mass is 16.4. The summed E-state index contributed by atoms with van der Waals surface area (Å²) >= 11 is 0. The van der Waals surface area contributed by atoms with Gasteiger partial charge in [0, 0.05) is 18.4 Å². The van der Waals surface area contributed by atoms with Gasteiger partial charge in [-0.15, -0.1) is 0 Å². The van der Waals surface area contributed by atoms with Crippen LogP contribution in [0.2, 0.25) is 0 Å². The summed E-state index contributed by atoms with van der Waals surface area (Å²) in [5.74, 6) is -0.413. The van der Waals surface area contributed by atoms with Gasteiger partial charge in [0.2, 0.25) is 5.91 Å². The van der Waals surface area contributed by atoms with Crippen LogP contribution in [0.1, 0.15) is 46.5 Å². The van der Waals surface area contributed by atoms with Crippen molar-refractivity contribution in [1.82, 2.24) is 10.6 Å². The standard InChI is InChI=1S/C15H28N2O3/c1-4-11(8-13(18)19)9-17-14(20)15(2,3)12-6-5-7-16-10-12/h11-12,16H,4-10H2,1-3H3,(H,17,20)(H,18,19). The Kier molecular flexibility index (Phi) is 6.46. The first-order chi connectivity index (χ1) is 9.37. The van der Waals surface area contributed by atoms with E-state index in [0.29, 0.717) is 12.5 Å². The zero-order valence-corrected chi connectivity index (χ0v) is 12.9. The number of hydrogen-bond donors (Lipinski definition) is 3. The van der Waals surface area contributed by atoms with E-state index in [1.807, 2.05) is 20.8 Å². The van der Waals surface area contributed by atoms with E-state index >= 15 is 0 Å². The van der Waals surface area contributed by atoms with Crippen LogP contribution in [0.3, 0.4) is 0 Å². The number of piperidine rings is 1. The van der Waals surface area contributed by atoms with Crippen molar-refractivity contribution in [2.45, 2.75) is 46.5 Å². The molecule has 0 aliphatic carbocycles. The Hall–Kier alpha value is -1.10. The molecule has 0 bridgehead atoms. The molecule has 1 rings (SSSR count). The second-order valence-electron chi connectivity index (χ2n) is 6.35. The van der Waals surface area contributed by atoms with Crippen LogP contribution in [0.5, 0.6) is 0 Å². The average molecular weight is 284 g/mol. The van der Waals surface area contributed by atoms with Crippen LogP contribution >= 0.6 is 0 Å². The predicted octanol–water partition coefficient (Wildman–Crippen LogP) is 1.63. The minimum absolute atomic E-state index is 0.0109. The first kappa shape index (κ1) is 17.0. The van der Waals surface area contributed by atoms with Gasteiger partial charge in [0.15, 0.2) is 0 Å². The van der Waals surface area contributed by atoms with Gasteiger partial charge in [-0.3, -0.25) is 9.59 Å². The van der Waals surface area contributed by atoms with Gasteiger partial charge in [0.1, 0.15) is 0 Å². The molecule has 1 aliphatic heterocycles. The molecule has 5 nitrogen and oxygen atoms in total. The Balaban J connectivity index is 2.49. The number of nitrogens with one attached hydrogen (secondary N) is 2. The van der Waals surface area contributed by atoms with Crippen LogP contribution < -0.4 is 10.6 Å². The molecule has 5 heteroatoms. The van der Waals surface area contributed by atoms with Gasteiger partial charge in [-0.05, 0) is 37.8 Å². The Morgan fingerprint density at radius 2 is 2.15 bits per heavy atom. The lowest BCUT2D eigenvalue weighted by Gasteiger charge is -2.36. The number of carbonyl (C=O) groups excluding carboxylic acids is 1. The fourth-order valence-electron chi connectivity index (χ4n) is 2.73. The third kappa shape index (κ3) is 4.78. The predicted molar refractivity (Wildman–Crippen MR) is 78.4 cm³/mol. The maximum Gasteiger partial charge on any atom is 0.303 e. The van der Waals surface area contributed by atoms with Crippen molar-refractivity contribution in [1.29, 1.82) is 0 Å². The summed E-state index contributed by atoms with van der Waals surface area (Å²) in [5.41, 5.74) is -0.408. The first-order valence-corrected chi connectivity index (χ1v) is 7.58. The minimum Gasteiger partial charge on any atom is -0.481 e. The number of amides is 1. The van der Waals surface area contributed by atoms with Gasteiger partial charge in [-0.25, -0.2) is 0 Å². The fraction of sp³-hybridized carbons (Fsp3) is 0.867. The third-order valence-corrected chi connectivity index (χ3v) is 4.49. The zero-order chi connectivity index (χ0) is 15.2. The average Bonchev–Trinajstić information content (AvgIpc) is 2.43. The van der Waals surface area contributed by atoms with Gasteiger partial charge < -0.3 is 15.7 Å². The summed E-state index contributed by atoms with van der Waals surface area (Å²) < 4.78 is 0. The summed E-state index contributed by atoms with van der Waals surface area (Å²) in [7, 11) is 0. The van der Waals surface area contributed by atoms with Crippen molar-refractivity contribution in [2.75, 3.05) is 19.6 Å². The molecule has 1 aliphatic rings. The summed E-state index contributed by atoms with van der Waals surface area (Å²) in [5, 5.41) is 15.1.